The van der Waals surface area contributed by atoms with Crippen LogP contribution in [0, 0.1) is 0 Å². The average Bonchev–Trinajstić information content (AvgIpc) is 2.76. The minimum atomic E-state index is 0.0832. The summed E-state index contributed by atoms with van der Waals surface area (Å²) in [6.45, 7) is 8.59. The van der Waals surface area contributed by atoms with Crippen molar-refractivity contribution in [3.05, 3.63) is 18.0 Å². The number of nitrogens with zero attached hydrogens (tertiary/aromatic N) is 3. The summed E-state index contributed by atoms with van der Waals surface area (Å²) < 4.78 is 0. The molecule has 2 heterocycles. The van der Waals surface area contributed by atoms with Crippen LogP contribution in [0.3, 0.4) is 0 Å². The molecule has 0 spiro atoms. The molecule has 1 saturated heterocycles. The van der Waals surface area contributed by atoms with E-state index in [0.717, 1.165) is 24.7 Å². The molecule has 1 aromatic rings. The molecule has 17 heavy (non-hydrogen) atoms. The monoisotopic (exact) mass is 234 g/mol. The fourth-order valence-corrected chi connectivity index (χ4v) is 2.10. The quantitative estimate of drug-likeness (QED) is 0.843. The van der Waals surface area contributed by atoms with Crippen LogP contribution in [0.15, 0.2) is 12.3 Å². The lowest BCUT2D eigenvalue weighted by atomic mass is 9.92. The standard InChI is InChI=1S/C13H22N4/c1-13(2,3)11-5-7-15-12(16-11)17-8-6-10(9-17)14-4/h5,7,10,14H,6,8-9H2,1-4H3. The van der Waals surface area contributed by atoms with E-state index in [4.69, 9.17) is 0 Å². The van der Waals surface area contributed by atoms with Crippen molar-refractivity contribution in [2.75, 3.05) is 25.0 Å². The molecule has 0 radical (unpaired) electrons. The van der Waals surface area contributed by atoms with Gasteiger partial charge in [0, 0.05) is 30.7 Å². The number of rotatable bonds is 2. The van der Waals surface area contributed by atoms with Gasteiger partial charge in [0.25, 0.3) is 0 Å². The zero-order valence-corrected chi connectivity index (χ0v) is 11.2. The van der Waals surface area contributed by atoms with E-state index >= 15 is 0 Å². The minimum absolute atomic E-state index is 0.0832. The smallest absolute Gasteiger partial charge is 0.225 e. The number of hydrogen-bond donors (Lipinski definition) is 1. The first-order chi connectivity index (χ1) is 8.00. The topological polar surface area (TPSA) is 41.0 Å². The summed E-state index contributed by atoms with van der Waals surface area (Å²) in [5, 5.41) is 3.31. The Morgan fingerprint density at radius 3 is 2.76 bits per heavy atom. The van der Waals surface area contributed by atoms with Crippen LogP contribution in [0.2, 0.25) is 0 Å². The van der Waals surface area contributed by atoms with Crippen molar-refractivity contribution in [2.24, 2.45) is 0 Å². The van der Waals surface area contributed by atoms with Gasteiger partial charge in [0.05, 0.1) is 5.69 Å². The molecule has 2 rings (SSSR count). The summed E-state index contributed by atoms with van der Waals surface area (Å²) in [6, 6.07) is 2.58. The molecular weight excluding hydrogens is 212 g/mol. The lowest BCUT2D eigenvalue weighted by Crippen LogP contribution is -2.30. The van der Waals surface area contributed by atoms with Gasteiger partial charge in [-0.3, -0.25) is 0 Å². The van der Waals surface area contributed by atoms with Crippen LogP contribution < -0.4 is 10.2 Å². The van der Waals surface area contributed by atoms with E-state index in [2.05, 4.69) is 41.0 Å². The molecule has 1 atom stereocenters. The fraction of sp³-hybridized carbons (Fsp3) is 0.692. The largest absolute Gasteiger partial charge is 0.339 e. The molecule has 1 aliphatic heterocycles. The molecule has 1 unspecified atom stereocenters. The van der Waals surface area contributed by atoms with E-state index in [1.165, 1.54) is 6.42 Å². The zero-order valence-electron chi connectivity index (χ0n) is 11.2. The molecule has 4 nitrogen and oxygen atoms in total. The molecule has 0 aromatic carbocycles. The van der Waals surface area contributed by atoms with Gasteiger partial charge in [-0.25, -0.2) is 9.97 Å². The Morgan fingerprint density at radius 2 is 2.18 bits per heavy atom. The van der Waals surface area contributed by atoms with Crippen LogP contribution in [0.4, 0.5) is 5.95 Å². The normalized spacial score (nSPS) is 20.9. The number of anilines is 1. The predicted molar refractivity (Wildman–Crippen MR) is 70.4 cm³/mol. The third-order valence-corrected chi connectivity index (χ3v) is 3.29. The maximum atomic E-state index is 4.68. The second-order valence-corrected chi connectivity index (χ2v) is 5.71. The van der Waals surface area contributed by atoms with Crippen LogP contribution in [0.1, 0.15) is 32.9 Å². The van der Waals surface area contributed by atoms with Crippen molar-refractivity contribution < 1.29 is 0 Å². The molecule has 0 amide bonds. The molecule has 1 aliphatic rings. The third kappa shape index (κ3) is 2.75. The van der Waals surface area contributed by atoms with Crippen LogP contribution >= 0.6 is 0 Å². The van der Waals surface area contributed by atoms with E-state index in [1.807, 2.05) is 19.3 Å². The van der Waals surface area contributed by atoms with E-state index in [9.17, 15) is 0 Å². The van der Waals surface area contributed by atoms with Crippen molar-refractivity contribution in [1.29, 1.82) is 0 Å². The second-order valence-electron chi connectivity index (χ2n) is 5.71. The van der Waals surface area contributed by atoms with E-state index < -0.39 is 0 Å². The summed E-state index contributed by atoms with van der Waals surface area (Å²) in [5.41, 5.74) is 1.19. The highest BCUT2D eigenvalue weighted by atomic mass is 15.3. The van der Waals surface area contributed by atoms with Crippen molar-refractivity contribution in [3.63, 3.8) is 0 Å². The Hall–Kier alpha value is -1.16. The van der Waals surface area contributed by atoms with E-state index in [-0.39, 0.29) is 5.41 Å². The van der Waals surface area contributed by atoms with Crippen LogP contribution in [-0.2, 0) is 5.41 Å². The summed E-state index contributed by atoms with van der Waals surface area (Å²) in [4.78, 5) is 11.3. The lowest BCUT2D eigenvalue weighted by molar-refractivity contribution is 0.565. The molecule has 0 saturated carbocycles. The molecule has 1 fully saturated rings. The summed E-state index contributed by atoms with van der Waals surface area (Å²) in [7, 11) is 2.01. The number of aromatic nitrogens is 2. The first-order valence-corrected chi connectivity index (χ1v) is 6.26. The highest BCUT2D eigenvalue weighted by Gasteiger charge is 2.24. The first-order valence-electron chi connectivity index (χ1n) is 6.26. The third-order valence-electron chi connectivity index (χ3n) is 3.29. The molecule has 1 N–H and O–H groups in total. The SMILES string of the molecule is CNC1CCN(c2nccc(C(C)(C)C)n2)C1. The first kappa shape index (κ1) is 12.3. The summed E-state index contributed by atoms with van der Waals surface area (Å²) in [6.07, 6.45) is 3.04. The molecule has 4 heteroatoms. The average molecular weight is 234 g/mol. The van der Waals surface area contributed by atoms with Gasteiger partial charge in [-0.15, -0.1) is 0 Å². The van der Waals surface area contributed by atoms with Gasteiger partial charge in [-0.1, -0.05) is 20.8 Å². The van der Waals surface area contributed by atoms with Gasteiger partial charge in [0.15, 0.2) is 0 Å². The van der Waals surface area contributed by atoms with Crippen molar-refractivity contribution in [2.45, 2.75) is 38.6 Å². The molecule has 1 aromatic heterocycles. The number of nitrogens with one attached hydrogen (secondary N) is 1. The van der Waals surface area contributed by atoms with Gasteiger partial charge < -0.3 is 10.2 Å². The molecule has 0 aliphatic carbocycles. The van der Waals surface area contributed by atoms with E-state index in [0.29, 0.717) is 6.04 Å². The highest BCUT2D eigenvalue weighted by Crippen LogP contribution is 2.22. The van der Waals surface area contributed by atoms with Crippen molar-refractivity contribution in [3.8, 4) is 0 Å². The molecule has 94 valence electrons. The van der Waals surface area contributed by atoms with Gasteiger partial charge in [0.1, 0.15) is 0 Å². The highest BCUT2D eigenvalue weighted by molar-refractivity contribution is 5.33. The Bertz CT molecular complexity index is 383. The van der Waals surface area contributed by atoms with E-state index in [1.54, 1.807) is 0 Å². The fourth-order valence-electron chi connectivity index (χ4n) is 2.10. The Kier molecular flexibility index (Phi) is 3.33. The van der Waals surface area contributed by atoms with Crippen LogP contribution in [0.5, 0.6) is 0 Å². The van der Waals surface area contributed by atoms with Crippen LogP contribution in [0.25, 0.3) is 0 Å². The second kappa shape index (κ2) is 4.61. The van der Waals surface area contributed by atoms with Gasteiger partial charge in [-0.05, 0) is 19.5 Å². The Morgan fingerprint density at radius 1 is 1.41 bits per heavy atom. The van der Waals surface area contributed by atoms with Crippen molar-refractivity contribution in [1.82, 2.24) is 15.3 Å². The Labute approximate surface area is 103 Å². The van der Waals surface area contributed by atoms with Crippen molar-refractivity contribution >= 4 is 5.95 Å². The number of hydrogen-bond acceptors (Lipinski definition) is 4. The number of likely N-dealkylation sites (N-methyl/N-ethyl adjacent to an activating group) is 1. The van der Waals surface area contributed by atoms with Crippen LogP contribution in [-0.4, -0.2) is 36.1 Å². The molecule has 0 bridgehead atoms. The Balaban J connectivity index is 2.17. The molecular formula is C13H22N4. The minimum Gasteiger partial charge on any atom is -0.339 e. The van der Waals surface area contributed by atoms with Gasteiger partial charge in [-0.2, -0.15) is 0 Å². The maximum absolute atomic E-state index is 4.68. The lowest BCUT2D eigenvalue weighted by Gasteiger charge is -2.21. The van der Waals surface area contributed by atoms with Gasteiger partial charge in [0.2, 0.25) is 5.95 Å². The maximum Gasteiger partial charge on any atom is 0.225 e. The summed E-state index contributed by atoms with van der Waals surface area (Å²) >= 11 is 0. The zero-order chi connectivity index (χ0) is 12.5. The summed E-state index contributed by atoms with van der Waals surface area (Å²) in [5.74, 6) is 0.871. The predicted octanol–water partition coefficient (Wildman–Crippen LogP) is 1.57. The van der Waals surface area contributed by atoms with Gasteiger partial charge >= 0.3 is 0 Å².